The third kappa shape index (κ3) is 2.30. The second-order valence-electron chi connectivity index (χ2n) is 2.97. The highest BCUT2D eigenvalue weighted by molar-refractivity contribution is 6.32. The maximum Gasteiger partial charge on any atom is 0.341 e. The second-order valence-corrected chi connectivity index (χ2v) is 3.33. The molecule has 1 aromatic rings. The van der Waals surface area contributed by atoms with Crippen LogP contribution in [0.4, 0.5) is 0 Å². The molecule has 0 amide bonds. The topological polar surface area (TPSA) is 76.5 Å². The van der Waals surface area contributed by atoms with Crippen molar-refractivity contribution in [1.29, 1.82) is 0 Å². The highest BCUT2D eigenvalue weighted by Gasteiger charge is 2.19. The van der Waals surface area contributed by atoms with Gasteiger partial charge >= 0.3 is 11.9 Å². The van der Waals surface area contributed by atoms with Gasteiger partial charge in [0.25, 0.3) is 0 Å². The van der Waals surface area contributed by atoms with Crippen LogP contribution in [0.5, 0.6) is 0 Å². The van der Waals surface area contributed by atoms with E-state index < -0.39 is 11.9 Å². The summed E-state index contributed by atoms with van der Waals surface area (Å²) in [6.45, 7) is 1.75. The van der Waals surface area contributed by atoms with E-state index in [-0.39, 0.29) is 16.3 Å². The minimum absolute atomic E-state index is 0.0349. The van der Waals surface area contributed by atoms with E-state index in [1.807, 2.05) is 0 Å². The maximum atomic E-state index is 11.3. The number of carboxylic acid groups (broad SMARTS) is 1. The molecular weight excluding hydrogens is 234 g/mol. The van der Waals surface area contributed by atoms with Crippen molar-refractivity contribution < 1.29 is 19.4 Å². The van der Waals surface area contributed by atoms with Crippen LogP contribution in [0.3, 0.4) is 0 Å². The van der Waals surface area contributed by atoms with Crippen LogP contribution in [0.15, 0.2) is 6.07 Å². The van der Waals surface area contributed by atoms with Gasteiger partial charge in [0, 0.05) is 0 Å². The lowest BCUT2D eigenvalue weighted by atomic mass is 10.1. The summed E-state index contributed by atoms with van der Waals surface area (Å²) in [6.07, 6.45) is 0.419. The number of aromatic nitrogens is 1. The Balaban J connectivity index is 3.38. The Bertz CT molecular complexity index is 445. The number of aryl methyl sites for hydroxylation is 1. The van der Waals surface area contributed by atoms with Crippen molar-refractivity contribution in [1.82, 2.24) is 4.98 Å². The number of carbonyl (C=O) groups is 2. The molecule has 86 valence electrons. The van der Waals surface area contributed by atoms with Crippen molar-refractivity contribution in [3.8, 4) is 0 Å². The summed E-state index contributed by atoms with van der Waals surface area (Å²) in [4.78, 5) is 26.1. The van der Waals surface area contributed by atoms with Crippen molar-refractivity contribution >= 4 is 23.5 Å². The van der Waals surface area contributed by atoms with Crippen LogP contribution in [-0.4, -0.2) is 29.1 Å². The molecule has 0 bridgehead atoms. The lowest BCUT2D eigenvalue weighted by molar-refractivity contribution is 0.0600. The molecular formula is C10H10ClNO4. The molecule has 16 heavy (non-hydrogen) atoms. The zero-order valence-electron chi connectivity index (χ0n) is 8.78. The van der Waals surface area contributed by atoms with Crippen molar-refractivity contribution in [3.63, 3.8) is 0 Å². The number of hydrogen-bond donors (Lipinski definition) is 1. The number of ether oxygens (including phenoxy) is 1. The SMILES string of the molecule is CCc1nc(Cl)c(C(=O)OC)cc1C(=O)O. The molecule has 5 nitrogen and oxygen atoms in total. The van der Waals surface area contributed by atoms with Crippen LogP contribution in [0.2, 0.25) is 5.15 Å². The van der Waals surface area contributed by atoms with Crippen LogP contribution < -0.4 is 0 Å². The number of halogens is 1. The lowest BCUT2D eigenvalue weighted by Crippen LogP contribution is -2.10. The molecule has 6 heteroatoms. The summed E-state index contributed by atoms with van der Waals surface area (Å²) in [6, 6.07) is 1.18. The summed E-state index contributed by atoms with van der Waals surface area (Å²) in [5.41, 5.74) is 0.260. The van der Waals surface area contributed by atoms with Gasteiger partial charge in [-0.3, -0.25) is 0 Å². The first-order valence-electron chi connectivity index (χ1n) is 4.52. The van der Waals surface area contributed by atoms with Crippen LogP contribution in [0.25, 0.3) is 0 Å². The number of methoxy groups -OCH3 is 1. The summed E-state index contributed by atoms with van der Waals surface area (Å²) in [5.74, 6) is -1.85. The third-order valence-corrected chi connectivity index (χ3v) is 2.31. The zero-order chi connectivity index (χ0) is 12.3. The molecule has 0 saturated carbocycles. The third-order valence-electron chi connectivity index (χ3n) is 2.03. The Morgan fingerprint density at radius 2 is 2.12 bits per heavy atom. The molecule has 0 saturated heterocycles. The Labute approximate surface area is 97.0 Å². The van der Waals surface area contributed by atoms with Gasteiger partial charge in [0.05, 0.1) is 23.9 Å². The fourth-order valence-electron chi connectivity index (χ4n) is 1.23. The number of nitrogens with zero attached hydrogens (tertiary/aromatic N) is 1. The molecule has 0 aliphatic rings. The van der Waals surface area contributed by atoms with E-state index in [1.54, 1.807) is 6.92 Å². The van der Waals surface area contributed by atoms with E-state index in [9.17, 15) is 9.59 Å². The van der Waals surface area contributed by atoms with Crippen LogP contribution in [0, 0.1) is 0 Å². The molecule has 1 aromatic heterocycles. The number of hydrogen-bond acceptors (Lipinski definition) is 4. The quantitative estimate of drug-likeness (QED) is 0.647. The zero-order valence-corrected chi connectivity index (χ0v) is 9.54. The number of aromatic carboxylic acids is 1. The van der Waals surface area contributed by atoms with Gasteiger partial charge in [-0.1, -0.05) is 18.5 Å². The Hall–Kier alpha value is -1.62. The molecule has 0 aliphatic heterocycles. The fraction of sp³-hybridized carbons (Fsp3) is 0.300. The second kappa shape index (κ2) is 4.94. The van der Waals surface area contributed by atoms with Gasteiger partial charge in [-0.2, -0.15) is 0 Å². The number of rotatable bonds is 3. The van der Waals surface area contributed by atoms with Crippen LogP contribution in [-0.2, 0) is 11.2 Å². The van der Waals surface area contributed by atoms with Gasteiger partial charge in [0.15, 0.2) is 0 Å². The molecule has 0 aromatic carbocycles. The molecule has 0 spiro atoms. The predicted molar refractivity (Wildman–Crippen MR) is 56.9 cm³/mol. The molecule has 0 unspecified atom stereocenters. The normalized spacial score (nSPS) is 9.94. The van der Waals surface area contributed by atoms with Crippen molar-refractivity contribution in [3.05, 3.63) is 28.0 Å². The number of esters is 1. The fourth-order valence-corrected chi connectivity index (χ4v) is 1.47. The van der Waals surface area contributed by atoms with Gasteiger partial charge in [0.1, 0.15) is 5.15 Å². The van der Waals surface area contributed by atoms with Crippen LogP contribution in [0.1, 0.15) is 33.3 Å². The van der Waals surface area contributed by atoms with Gasteiger partial charge in [-0.15, -0.1) is 0 Å². The molecule has 0 aliphatic carbocycles. The first-order chi connectivity index (χ1) is 7.51. The Morgan fingerprint density at radius 3 is 2.56 bits per heavy atom. The number of pyridine rings is 1. The number of carbonyl (C=O) groups excluding carboxylic acids is 1. The summed E-state index contributed by atoms with van der Waals surface area (Å²) in [7, 11) is 1.19. The number of carboxylic acids is 1. The van der Waals surface area contributed by atoms with E-state index in [2.05, 4.69) is 9.72 Å². The highest BCUT2D eigenvalue weighted by Crippen LogP contribution is 2.19. The van der Waals surface area contributed by atoms with E-state index in [1.165, 1.54) is 13.2 Å². The van der Waals surface area contributed by atoms with Gasteiger partial charge < -0.3 is 9.84 Å². The van der Waals surface area contributed by atoms with Crippen molar-refractivity contribution in [2.75, 3.05) is 7.11 Å². The molecule has 0 atom stereocenters. The molecule has 1 rings (SSSR count). The minimum atomic E-state index is -1.15. The first kappa shape index (κ1) is 12.4. The summed E-state index contributed by atoms with van der Waals surface area (Å²) < 4.78 is 4.47. The van der Waals surface area contributed by atoms with E-state index in [0.717, 1.165) is 0 Å². The monoisotopic (exact) mass is 243 g/mol. The standard InChI is InChI=1S/C10H10ClNO4/c1-3-7-5(9(13)14)4-6(8(11)12-7)10(15)16-2/h4H,3H2,1-2H3,(H,13,14). The van der Waals surface area contributed by atoms with Crippen molar-refractivity contribution in [2.45, 2.75) is 13.3 Å². The van der Waals surface area contributed by atoms with Crippen molar-refractivity contribution in [2.24, 2.45) is 0 Å². The lowest BCUT2D eigenvalue weighted by Gasteiger charge is -2.07. The molecule has 1 heterocycles. The maximum absolute atomic E-state index is 11.3. The largest absolute Gasteiger partial charge is 0.478 e. The Morgan fingerprint density at radius 1 is 1.50 bits per heavy atom. The van der Waals surface area contributed by atoms with E-state index in [0.29, 0.717) is 12.1 Å². The van der Waals surface area contributed by atoms with Gasteiger partial charge in [-0.05, 0) is 12.5 Å². The van der Waals surface area contributed by atoms with Crippen LogP contribution >= 0.6 is 11.6 Å². The average molecular weight is 244 g/mol. The molecule has 0 fully saturated rings. The van der Waals surface area contributed by atoms with E-state index in [4.69, 9.17) is 16.7 Å². The summed E-state index contributed by atoms with van der Waals surface area (Å²) in [5, 5.41) is 8.88. The molecule has 0 radical (unpaired) electrons. The predicted octanol–water partition coefficient (Wildman–Crippen LogP) is 1.78. The average Bonchev–Trinajstić information content (AvgIpc) is 2.27. The minimum Gasteiger partial charge on any atom is -0.478 e. The Kier molecular flexibility index (Phi) is 3.84. The van der Waals surface area contributed by atoms with Gasteiger partial charge in [-0.25, -0.2) is 14.6 Å². The first-order valence-corrected chi connectivity index (χ1v) is 4.90. The molecule has 1 N–H and O–H groups in total. The highest BCUT2D eigenvalue weighted by atomic mass is 35.5. The van der Waals surface area contributed by atoms with E-state index >= 15 is 0 Å². The summed E-state index contributed by atoms with van der Waals surface area (Å²) >= 11 is 5.75. The smallest absolute Gasteiger partial charge is 0.341 e. The van der Waals surface area contributed by atoms with Gasteiger partial charge in [0.2, 0.25) is 0 Å².